The Morgan fingerprint density at radius 1 is 1.19 bits per heavy atom. The molecule has 4 heterocycles. The first-order chi connectivity index (χ1) is 15.3. The molecule has 8 nitrogen and oxygen atoms in total. The second kappa shape index (κ2) is 8.04. The van der Waals surface area contributed by atoms with Gasteiger partial charge in [0.05, 0.1) is 43.3 Å². The van der Waals surface area contributed by atoms with Gasteiger partial charge in [0.25, 0.3) is 0 Å². The van der Waals surface area contributed by atoms with Crippen LogP contribution in [0.1, 0.15) is 50.3 Å². The number of anilines is 1. The number of hydrogen-bond acceptors (Lipinski definition) is 6. The third-order valence-corrected chi connectivity index (χ3v) is 6.40. The first kappa shape index (κ1) is 21.2. The van der Waals surface area contributed by atoms with E-state index in [1.54, 1.807) is 16.9 Å². The van der Waals surface area contributed by atoms with E-state index in [4.69, 9.17) is 4.74 Å². The molecule has 0 aromatic carbocycles. The van der Waals surface area contributed by atoms with Crippen molar-refractivity contribution in [1.29, 1.82) is 0 Å². The standard InChI is InChI=1S/C21H25F3N6O2/c1-12(21(22,23)24)27-20-25-8-19-17(14-7-26-29(9-14)15-10-32-11-15)6-18(30(19)28-20)13-2-4-16(31)5-3-13/h6-9,12-13,15-16,31H,2-5,10-11H2,1H3,(H,27,28)/t12-,13?,16?/m1/s1. The first-order valence-electron chi connectivity index (χ1n) is 10.8. The minimum absolute atomic E-state index is 0.0797. The third kappa shape index (κ3) is 3.95. The summed E-state index contributed by atoms with van der Waals surface area (Å²) in [6, 6.07) is 0.473. The van der Waals surface area contributed by atoms with Crippen LogP contribution in [0.4, 0.5) is 19.1 Å². The summed E-state index contributed by atoms with van der Waals surface area (Å²) in [6.45, 7) is 2.29. The molecule has 172 valence electrons. The van der Waals surface area contributed by atoms with Crippen LogP contribution in [0.25, 0.3) is 16.6 Å². The minimum Gasteiger partial charge on any atom is -0.393 e. The van der Waals surface area contributed by atoms with Crippen molar-refractivity contribution in [2.45, 2.75) is 62.9 Å². The van der Waals surface area contributed by atoms with E-state index in [-0.39, 0.29) is 24.0 Å². The minimum atomic E-state index is -4.40. The normalized spacial score (nSPS) is 23.3. The molecular weight excluding hydrogens is 425 g/mol. The molecule has 0 radical (unpaired) electrons. The zero-order valence-electron chi connectivity index (χ0n) is 17.6. The molecule has 1 atom stereocenters. The Hall–Kier alpha value is -2.66. The van der Waals surface area contributed by atoms with Crippen molar-refractivity contribution in [3.8, 4) is 11.1 Å². The van der Waals surface area contributed by atoms with E-state index in [9.17, 15) is 18.3 Å². The molecule has 5 rings (SSSR count). The Bertz CT molecular complexity index is 1100. The van der Waals surface area contributed by atoms with E-state index in [2.05, 4.69) is 20.5 Å². The van der Waals surface area contributed by atoms with Crippen LogP contribution in [-0.4, -0.2) is 61.0 Å². The first-order valence-corrected chi connectivity index (χ1v) is 10.8. The van der Waals surface area contributed by atoms with Gasteiger partial charge in [0.2, 0.25) is 5.95 Å². The fraction of sp³-hybridized carbons (Fsp3) is 0.571. The van der Waals surface area contributed by atoms with Crippen molar-refractivity contribution in [1.82, 2.24) is 24.4 Å². The highest BCUT2D eigenvalue weighted by molar-refractivity contribution is 5.81. The molecule has 3 aromatic rings. The number of aliphatic hydroxyl groups excluding tert-OH is 1. The molecule has 11 heteroatoms. The van der Waals surface area contributed by atoms with Crippen LogP contribution in [0.2, 0.25) is 0 Å². The fourth-order valence-corrected chi connectivity index (χ4v) is 4.30. The molecule has 32 heavy (non-hydrogen) atoms. The third-order valence-electron chi connectivity index (χ3n) is 6.40. The molecular formula is C21H25F3N6O2. The highest BCUT2D eigenvalue weighted by atomic mass is 19.4. The Morgan fingerprint density at radius 3 is 2.59 bits per heavy atom. The SMILES string of the molecule is C[C@@H](Nc1ncc2c(-c3cnn(C4COC4)c3)cc(C3CCC(O)CC3)n2n1)C(F)(F)F. The van der Waals surface area contributed by atoms with Gasteiger partial charge in [-0.05, 0) is 38.7 Å². The zero-order valence-corrected chi connectivity index (χ0v) is 17.6. The molecule has 2 fully saturated rings. The second-order valence-corrected chi connectivity index (χ2v) is 8.68. The van der Waals surface area contributed by atoms with Crippen LogP contribution < -0.4 is 5.32 Å². The van der Waals surface area contributed by atoms with Crippen LogP contribution in [-0.2, 0) is 4.74 Å². The number of aliphatic hydroxyl groups is 1. The lowest BCUT2D eigenvalue weighted by atomic mass is 9.85. The van der Waals surface area contributed by atoms with Gasteiger partial charge in [0.1, 0.15) is 6.04 Å². The van der Waals surface area contributed by atoms with Crippen molar-refractivity contribution < 1.29 is 23.0 Å². The molecule has 1 saturated heterocycles. The van der Waals surface area contributed by atoms with Gasteiger partial charge in [-0.1, -0.05) is 0 Å². The lowest BCUT2D eigenvalue weighted by Crippen LogP contribution is -2.34. The fourth-order valence-electron chi connectivity index (χ4n) is 4.30. The number of aromatic nitrogens is 5. The largest absolute Gasteiger partial charge is 0.408 e. The molecule has 0 amide bonds. The summed E-state index contributed by atoms with van der Waals surface area (Å²) in [5, 5.41) is 21.1. The number of hydrogen-bond donors (Lipinski definition) is 2. The summed E-state index contributed by atoms with van der Waals surface area (Å²) in [4.78, 5) is 4.16. The summed E-state index contributed by atoms with van der Waals surface area (Å²) >= 11 is 0. The maximum absolute atomic E-state index is 13.0. The summed E-state index contributed by atoms with van der Waals surface area (Å²) in [5.74, 6) is 0.0707. The smallest absolute Gasteiger partial charge is 0.393 e. The predicted molar refractivity (Wildman–Crippen MR) is 110 cm³/mol. The van der Waals surface area contributed by atoms with Gasteiger partial charge in [-0.3, -0.25) is 4.68 Å². The average molecular weight is 450 g/mol. The summed E-state index contributed by atoms with van der Waals surface area (Å²) in [6.07, 6.45) is 3.53. The van der Waals surface area contributed by atoms with Crippen LogP contribution in [0.3, 0.4) is 0 Å². The van der Waals surface area contributed by atoms with Crippen molar-refractivity contribution in [2.75, 3.05) is 18.5 Å². The molecule has 2 aliphatic rings. The topological polar surface area (TPSA) is 89.5 Å². The van der Waals surface area contributed by atoms with Gasteiger partial charge in [0.15, 0.2) is 0 Å². The Balaban J connectivity index is 1.54. The van der Waals surface area contributed by atoms with Gasteiger partial charge < -0.3 is 15.2 Å². The molecule has 3 aromatic heterocycles. The number of nitrogens with zero attached hydrogens (tertiary/aromatic N) is 5. The summed E-state index contributed by atoms with van der Waals surface area (Å²) in [5.41, 5.74) is 3.39. The van der Waals surface area contributed by atoms with Crippen molar-refractivity contribution >= 4 is 11.5 Å². The predicted octanol–water partition coefficient (Wildman–Crippen LogP) is 3.55. The molecule has 1 aliphatic carbocycles. The van der Waals surface area contributed by atoms with Crippen molar-refractivity contribution in [3.05, 3.63) is 30.4 Å². The molecule has 0 spiro atoms. The Morgan fingerprint density at radius 2 is 1.94 bits per heavy atom. The van der Waals surface area contributed by atoms with Crippen LogP contribution in [0.5, 0.6) is 0 Å². The van der Waals surface area contributed by atoms with Crippen LogP contribution in [0, 0.1) is 0 Å². The van der Waals surface area contributed by atoms with Crippen LogP contribution in [0.15, 0.2) is 24.7 Å². The van der Waals surface area contributed by atoms with E-state index in [0.717, 1.165) is 36.6 Å². The molecule has 0 bridgehead atoms. The maximum Gasteiger partial charge on any atom is 0.408 e. The monoisotopic (exact) mass is 450 g/mol. The van der Waals surface area contributed by atoms with Crippen LogP contribution >= 0.6 is 0 Å². The number of nitrogens with one attached hydrogen (secondary N) is 1. The Labute approximate surface area is 182 Å². The number of fused-ring (bicyclic) bond motifs is 1. The second-order valence-electron chi connectivity index (χ2n) is 8.68. The molecule has 2 N–H and O–H groups in total. The van der Waals surface area contributed by atoms with E-state index < -0.39 is 12.2 Å². The van der Waals surface area contributed by atoms with Gasteiger partial charge in [0, 0.05) is 28.9 Å². The molecule has 1 aliphatic heterocycles. The quantitative estimate of drug-likeness (QED) is 0.618. The zero-order chi connectivity index (χ0) is 22.5. The lowest BCUT2D eigenvalue weighted by molar-refractivity contribution is -0.138. The van der Waals surface area contributed by atoms with E-state index in [0.29, 0.717) is 31.6 Å². The van der Waals surface area contributed by atoms with Crippen molar-refractivity contribution in [2.24, 2.45) is 0 Å². The van der Waals surface area contributed by atoms with Crippen molar-refractivity contribution in [3.63, 3.8) is 0 Å². The number of rotatable bonds is 5. The van der Waals surface area contributed by atoms with Gasteiger partial charge in [-0.25, -0.2) is 9.50 Å². The maximum atomic E-state index is 13.0. The molecule has 0 unspecified atom stereocenters. The van der Waals surface area contributed by atoms with E-state index in [1.165, 1.54) is 0 Å². The lowest BCUT2D eigenvalue weighted by Gasteiger charge is -2.25. The number of alkyl halides is 3. The Kier molecular flexibility index (Phi) is 5.32. The van der Waals surface area contributed by atoms with Gasteiger partial charge >= 0.3 is 6.18 Å². The number of ether oxygens (including phenoxy) is 1. The summed E-state index contributed by atoms with van der Waals surface area (Å²) < 4.78 is 47.9. The summed E-state index contributed by atoms with van der Waals surface area (Å²) in [7, 11) is 0. The van der Waals surface area contributed by atoms with Gasteiger partial charge in [-0.15, -0.1) is 5.10 Å². The molecule has 1 saturated carbocycles. The van der Waals surface area contributed by atoms with E-state index >= 15 is 0 Å². The van der Waals surface area contributed by atoms with E-state index in [1.807, 2.05) is 16.9 Å². The average Bonchev–Trinajstić information content (AvgIpc) is 3.31. The number of halogens is 3. The van der Waals surface area contributed by atoms with Gasteiger partial charge in [-0.2, -0.15) is 18.3 Å². The highest BCUT2D eigenvalue weighted by Crippen LogP contribution is 2.38. The highest BCUT2D eigenvalue weighted by Gasteiger charge is 2.36.